The highest BCUT2D eigenvalue weighted by Crippen LogP contribution is 2.27. The Morgan fingerprint density at radius 2 is 1.48 bits per heavy atom. The van der Waals surface area contributed by atoms with E-state index in [1.54, 1.807) is 0 Å². The standard InChI is InChI=1S/C24H28O7/c1-17(25)27-16-22(31-18(2)26)24-23(29-14-20-11-7-4-8-12-20)21(15-30-24)28-13-19-9-5-3-6-10-19/h3-12,21-24H,13-16H2,1-2H3/t21-,22+,23+,24-/m0/s1. The minimum atomic E-state index is -0.799. The molecule has 0 radical (unpaired) electrons. The Balaban J connectivity index is 1.72. The van der Waals surface area contributed by atoms with E-state index in [0.29, 0.717) is 13.2 Å². The molecular weight excluding hydrogens is 400 g/mol. The normalized spacial score (nSPS) is 21.4. The van der Waals surface area contributed by atoms with Gasteiger partial charge in [0.1, 0.15) is 24.9 Å². The molecule has 7 heteroatoms. The Bertz CT molecular complexity index is 824. The summed E-state index contributed by atoms with van der Waals surface area (Å²) in [7, 11) is 0. The lowest BCUT2D eigenvalue weighted by Crippen LogP contribution is -2.45. The first kappa shape index (κ1) is 22.9. The molecular formula is C24H28O7. The summed E-state index contributed by atoms with van der Waals surface area (Å²) in [6, 6.07) is 19.6. The first-order valence-corrected chi connectivity index (χ1v) is 10.3. The molecule has 0 bridgehead atoms. The fraction of sp³-hybridized carbons (Fsp3) is 0.417. The third-order valence-corrected chi connectivity index (χ3v) is 4.87. The van der Waals surface area contributed by atoms with Crippen molar-refractivity contribution in [2.24, 2.45) is 0 Å². The molecule has 2 aromatic rings. The molecule has 1 aliphatic heterocycles. The van der Waals surface area contributed by atoms with Gasteiger partial charge in [0, 0.05) is 13.8 Å². The summed E-state index contributed by atoms with van der Waals surface area (Å²) < 4.78 is 28.7. The Morgan fingerprint density at radius 3 is 2.03 bits per heavy atom. The fourth-order valence-electron chi connectivity index (χ4n) is 3.42. The molecule has 1 heterocycles. The van der Waals surface area contributed by atoms with E-state index in [1.807, 2.05) is 60.7 Å². The second-order valence-corrected chi connectivity index (χ2v) is 7.34. The van der Waals surface area contributed by atoms with Crippen LogP contribution in [0.15, 0.2) is 60.7 Å². The molecule has 1 fully saturated rings. The summed E-state index contributed by atoms with van der Waals surface area (Å²) in [6.07, 6.45) is -2.31. The molecule has 0 saturated carbocycles. The lowest BCUT2D eigenvalue weighted by atomic mass is 10.1. The Morgan fingerprint density at radius 1 is 0.903 bits per heavy atom. The van der Waals surface area contributed by atoms with E-state index < -0.39 is 30.3 Å². The first-order valence-electron chi connectivity index (χ1n) is 10.3. The Labute approximate surface area is 182 Å². The number of hydrogen-bond donors (Lipinski definition) is 0. The second-order valence-electron chi connectivity index (χ2n) is 7.34. The van der Waals surface area contributed by atoms with Crippen LogP contribution in [0.5, 0.6) is 0 Å². The van der Waals surface area contributed by atoms with Crippen molar-refractivity contribution in [2.75, 3.05) is 13.2 Å². The van der Waals surface area contributed by atoms with Gasteiger partial charge in [0.2, 0.25) is 0 Å². The minimum Gasteiger partial charge on any atom is -0.462 e. The molecule has 1 aliphatic rings. The quantitative estimate of drug-likeness (QED) is 0.538. The second kappa shape index (κ2) is 11.6. The van der Waals surface area contributed by atoms with E-state index >= 15 is 0 Å². The molecule has 0 aromatic heterocycles. The van der Waals surface area contributed by atoms with Crippen LogP contribution in [0.3, 0.4) is 0 Å². The van der Waals surface area contributed by atoms with Crippen LogP contribution in [-0.4, -0.2) is 49.6 Å². The highest BCUT2D eigenvalue weighted by molar-refractivity contribution is 5.67. The third-order valence-electron chi connectivity index (χ3n) is 4.87. The van der Waals surface area contributed by atoms with Gasteiger partial charge in [-0.1, -0.05) is 60.7 Å². The molecule has 0 aliphatic carbocycles. The molecule has 166 valence electrons. The molecule has 31 heavy (non-hydrogen) atoms. The molecule has 0 spiro atoms. The van der Waals surface area contributed by atoms with Gasteiger partial charge in [0.25, 0.3) is 0 Å². The predicted octanol–water partition coefficient (Wildman–Crippen LogP) is 3.05. The summed E-state index contributed by atoms with van der Waals surface area (Å²) in [4.78, 5) is 22.9. The monoisotopic (exact) mass is 428 g/mol. The summed E-state index contributed by atoms with van der Waals surface area (Å²) in [6.45, 7) is 3.51. The van der Waals surface area contributed by atoms with Gasteiger partial charge in [0.05, 0.1) is 19.8 Å². The zero-order valence-corrected chi connectivity index (χ0v) is 17.8. The van der Waals surface area contributed by atoms with Crippen molar-refractivity contribution < 1.29 is 33.3 Å². The average molecular weight is 428 g/mol. The van der Waals surface area contributed by atoms with Crippen LogP contribution in [0.2, 0.25) is 0 Å². The van der Waals surface area contributed by atoms with Crippen molar-refractivity contribution in [3.05, 3.63) is 71.8 Å². The van der Waals surface area contributed by atoms with Gasteiger partial charge >= 0.3 is 11.9 Å². The van der Waals surface area contributed by atoms with Gasteiger partial charge in [-0.3, -0.25) is 9.59 Å². The Hall–Kier alpha value is -2.74. The number of esters is 2. The van der Waals surface area contributed by atoms with Gasteiger partial charge in [-0.25, -0.2) is 0 Å². The number of benzene rings is 2. The first-order chi connectivity index (χ1) is 15.0. The van der Waals surface area contributed by atoms with Crippen LogP contribution in [-0.2, 0) is 46.5 Å². The zero-order chi connectivity index (χ0) is 22.1. The number of carbonyl (C=O) groups is 2. The molecule has 3 rings (SSSR count). The summed E-state index contributed by atoms with van der Waals surface area (Å²) in [5.74, 6) is -0.954. The van der Waals surface area contributed by atoms with Crippen LogP contribution >= 0.6 is 0 Å². The van der Waals surface area contributed by atoms with Crippen LogP contribution in [0, 0.1) is 0 Å². The van der Waals surface area contributed by atoms with Crippen molar-refractivity contribution in [2.45, 2.75) is 51.5 Å². The summed E-state index contributed by atoms with van der Waals surface area (Å²) in [5, 5.41) is 0. The highest BCUT2D eigenvalue weighted by Gasteiger charge is 2.45. The van der Waals surface area contributed by atoms with E-state index in [1.165, 1.54) is 13.8 Å². The van der Waals surface area contributed by atoms with E-state index in [-0.39, 0.29) is 19.3 Å². The number of hydrogen-bond acceptors (Lipinski definition) is 7. The van der Waals surface area contributed by atoms with Crippen molar-refractivity contribution in [3.8, 4) is 0 Å². The molecule has 0 N–H and O–H groups in total. The van der Waals surface area contributed by atoms with E-state index in [2.05, 4.69) is 0 Å². The fourth-order valence-corrected chi connectivity index (χ4v) is 3.42. The third kappa shape index (κ3) is 7.17. The van der Waals surface area contributed by atoms with Gasteiger partial charge < -0.3 is 23.7 Å². The van der Waals surface area contributed by atoms with E-state index in [9.17, 15) is 9.59 Å². The average Bonchev–Trinajstić information content (AvgIpc) is 3.17. The van der Waals surface area contributed by atoms with Gasteiger partial charge in [-0.2, -0.15) is 0 Å². The lowest BCUT2D eigenvalue weighted by molar-refractivity contribution is -0.171. The number of rotatable bonds is 10. The molecule has 0 amide bonds. The van der Waals surface area contributed by atoms with Crippen LogP contribution in [0.4, 0.5) is 0 Å². The SMILES string of the molecule is CC(=O)OC[C@@H](OC(C)=O)[C@@H]1OC[C@H](OCc2ccccc2)[C@H]1OCc1ccccc1. The predicted molar refractivity (Wildman–Crippen MR) is 112 cm³/mol. The maximum Gasteiger partial charge on any atom is 0.303 e. The van der Waals surface area contributed by atoms with E-state index in [4.69, 9.17) is 23.7 Å². The summed E-state index contributed by atoms with van der Waals surface area (Å²) >= 11 is 0. The lowest BCUT2D eigenvalue weighted by Gasteiger charge is -2.28. The molecule has 4 atom stereocenters. The molecule has 0 unspecified atom stereocenters. The largest absolute Gasteiger partial charge is 0.462 e. The van der Waals surface area contributed by atoms with Crippen molar-refractivity contribution in [1.82, 2.24) is 0 Å². The van der Waals surface area contributed by atoms with Crippen LogP contribution in [0.25, 0.3) is 0 Å². The molecule has 2 aromatic carbocycles. The Kier molecular flexibility index (Phi) is 8.58. The molecule has 7 nitrogen and oxygen atoms in total. The zero-order valence-electron chi connectivity index (χ0n) is 17.8. The van der Waals surface area contributed by atoms with Crippen molar-refractivity contribution in [3.63, 3.8) is 0 Å². The van der Waals surface area contributed by atoms with Crippen molar-refractivity contribution >= 4 is 11.9 Å². The van der Waals surface area contributed by atoms with Crippen LogP contribution in [0.1, 0.15) is 25.0 Å². The van der Waals surface area contributed by atoms with Gasteiger partial charge in [-0.15, -0.1) is 0 Å². The van der Waals surface area contributed by atoms with Crippen LogP contribution < -0.4 is 0 Å². The molecule has 1 saturated heterocycles. The number of carbonyl (C=O) groups excluding carboxylic acids is 2. The van der Waals surface area contributed by atoms with Gasteiger partial charge in [0.15, 0.2) is 6.10 Å². The van der Waals surface area contributed by atoms with Crippen molar-refractivity contribution in [1.29, 1.82) is 0 Å². The number of ether oxygens (including phenoxy) is 5. The maximum atomic E-state index is 11.6. The van der Waals surface area contributed by atoms with E-state index in [0.717, 1.165) is 11.1 Å². The smallest absolute Gasteiger partial charge is 0.303 e. The topological polar surface area (TPSA) is 80.3 Å². The maximum absolute atomic E-state index is 11.6. The van der Waals surface area contributed by atoms with Gasteiger partial charge in [-0.05, 0) is 11.1 Å². The summed E-state index contributed by atoms with van der Waals surface area (Å²) in [5.41, 5.74) is 2.03. The minimum absolute atomic E-state index is 0.115. The highest BCUT2D eigenvalue weighted by atomic mass is 16.6.